The van der Waals surface area contributed by atoms with Crippen LogP contribution < -0.4 is 5.32 Å². The summed E-state index contributed by atoms with van der Waals surface area (Å²) in [6.45, 7) is 0. The molecule has 0 aliphatic heterocycles. The lowest BCUT2D eigenvalue weighted by Crippen LogP contribution is -2.16. The highest BCUT2D eigenvalue weighted by Gasteiger charge is 2.17. The van der Waals surface area contributed by atoms with E-state index in [0.717, 1.165) is 0 Å². The van der Waals surface area contributed by atoms with E-state index in [1.54, 1.807) is 60.7 Å². The summed E-state index contributed by atoms with van der Waals surface area (Å²) in [5.41, 5.74) is 2.28. The minimum Gasteiger partial charge on any atom is -0.478 e. The zero-order chi connectivity index (χ0) is 18.5. The molecule has 0 radical (unpaired) electrons. The van der Waals surface area contributed by atoms with Crippen molar-refractivity contribution >= 4 is 28.8 Å². The number of carbonyl (C=O) groups excluding carboxylic acids is 1. The van der Waals surface area contributed by atoms with Crippen molar-refractivity contribution in [2.45, 2.75) is 0 Å². The summed E-state index contributed by atoms with van der Waals surface area (Å²) < 4.78 is 0. The third-order valence-corrected chi connectivity index (χ3v) is 3.87. The summed E-state index contributed by atoms with van der Waals surface area (Å²) >= 11 is 0. The van der Waals surface area contributed by atoms with Crippen LogP contribution in [0.1, 0.15) is 26.3 Å². The molecule has 0 saturated heterocycles. The molecule has 0 atom stereocenters. The van der Waals surface area contributed by atoms with Crippen molar-refractivity contribution in [1.82, 2.24) is 0 Å². The highest BCUT2D eigenvalue weighted by molar-refractivity contribution is 6.51. The molecule has 0 saturated carbocycles. The van der Waals surface area contributed by atoms with Crippen molar-refractivity contribution < 1.29 is 14.7 Å². The maximum Gasteiger partial charge on any atom is 0.335 e. The first kappa shape index (κ1) is 17.1. The third-order valence-electron chi connectivity index (χ3n) is 3.87. The van der Waals surface area contributed by atoms with Gasteiger partial charge in [-0.05, 0) is 30.3 Å². The van der Waals surface area contributed by atoms with Gasteiger partial charge in [-0.2, -0.15) is 0 Å². The Balaban J connectivity index is 1.87. The third kappa shape index (κ3) is 3.67. The summed E-state index contributed by atoms with van der Waals surface area (Å²) in [4.78, 5) is 23.5. The zero-order valence-electron chi connectivity index (χ0n) is 13.8. The first-order chi connectivity index (χ1) is 12.6. The van der Waals surface area contributed by atoms with E-state index in [2.05, 4.69) is 5.32 Å². The molecule has 5 nitrogen and oxygen atoms in total. The molecule has 0 amide bonds. The second-order valence-corrected chi connectivity index (χ2v) is 5.62. The lowest BCUT2D eigenvalue weighted by molar-refractivity contribution is 0.0696. The minimum atomic E-state index is -0.993. The maximum atomic E-state index is 12.6. The summed E-state index contributed by atoms with van der Waals surface area (Å²) in [6, 6.07) is 22.0. The molecule has 128 valence electrons. The Labute approximate surface area is 150 Å². The molecule has 3 aromatic carbocycles. The van der Waals surface area contributed by atoms with Crippen LogP contribution >= 0.6 is 0 Å². The SMILES string of the molecule is N=C(C(=O)c1ccccc1)c1ccccc1Nc1ccc(C(=O)O)cc1. The van der Waals surface area contributed by atoms with Crippen molar-refractivity contribution in [3.05, 3.63) is 95.6 Å². The fourth-order valence-corrected chi connectivity index (χ4v) is 2.52. The van der Waals surface area contributed by atoms with E-state index in [9.17, 15) is 9.59 Å². The molecule has 3 rings (SSSR count). The molecule has 3 N–H and O–H groups in total. The first-order valence-electron chi connectivity index (χ1n) is 7.94. The highest BCUT2D eigenvalue weighted by Crippen LogP contribution is 2.23. The number of hydrogen-bond acceptors (Lipinski definition) is 4. The van der Waals surface area contributed by atoms with Gasteiger partial charge in [-0.1, -0.05) is 48.5 Å². The predicted molar refractivity (Wildman–Crippen MR) is 101 cm³/mol. The van der Waals surface area contributed by atoms with Crippen LogP contribution in [0.15, 0.2) is 78.9 Å². The molecule has 0 aliphatic carbocycles. The van der Waals surface area contributed by atoms with Crippen LogP contribution in [0.4, 0.5) is 11.4 Å². The second-order valence-electron chi connectivity index (χ2n) is 5.62. The van der Waals surface area contributed by atoms with Gasteiger partial charge in [0, 0.05) is 22.5 Å². The Bertz CT molecular complexity index is 964. The van der Waals surface area contributed by atoms with E-state index in [1.165, 1.54) is 12.1 Å². The number of carbonyl (C=O) groups is 2. The lowest BCUT2D eigenvalue weighted by atomic mass is 9.99. The van der Waals surface area contributed by atoms with Crippen LogP contribution in [-0.2, 0) is 0 Å². The highest BCUT2D eigenvalue weighted by atomic mass is 16.4. The summed E-state index contributed by atoms with van der Waals surface area (Å²) in [5, 5.41) is 20.4. The zero-order valence-corrected chi connectivity index (χ0v) is 13.8. The molecule has 0 bridgehead atoms. The number of ketones is 1. The van der Waals surface area contributed by atoms with Crippen molar-refractivity contribution in [1.29, 1.82) is 5.41 Å². The molecule has 5 heteroatoms. The Morgan fingerprint density at radius 1 is 0.769 bits per heavy atom. The molecule has 3 aromatic rings. The monoisotopic (exact) mass is 344 g/mol. The smallest absolute Gasteiger partial charge is 0.335 e. The van der Waals surface area contributed by atoms with Crippen LogP contribution in [-0.4, -0.2) is 22.6 Å². The van der Waals surface area contributed by atoms with Gasteiger partial charge < -0.3 is 10.4 Å². The average molecular weight is 344 g/mol. The van der Waals surface area contributed by atoms with Gasteiger partial charge in [-0.3, -0.25) is 10.2 Å². The number of Topliss-reactive ketones (excluding diaryl/α,β-unsaturated/α-hetero) is 1. The van der Waals surface area contributed by atoms with Gasteiger partial charge in [0.15, 0.2) is 0 Å². The van der Waals surface area contributed by atoms with Crippen molar-refractivity contribution in [2.75, 3.05) is 5.32 Å². The topological polar surface area (TPSA) is 90.3 Å². The van der Waals surface area contributed by atoms with E-state index in [4.69, 9.17) is 10.5 Å². The summed E-state index contributed by atoms with van der Waals surface area (Å²) in [5.74, 6) is -1.35. The largest absolute Gasteiger partial charge is 0.478 e. The molecule has 0 spiro atoms. The number of aromatic carboxylic acids is 1. The van der Waals surface area contributed by atoms with Crippen molar-refractivity contribution in [3.8, 4) is 0 Å². The van der Waals surface area contributed by atoms with Crippen LogP contribution in [0.25, 0.3) is 0 Å². The number of hydrogen-bond donors (Lipinski definition) is 3. The summed E-state index contributed by atoms with van der Waals surface area (Å²) in [6.07, 6.45) is 0. The molecule has 0 aromatic heterocycles. The van der Waals surface area contributed by atoms with Gasteiger partial charge in [0.1, 0.15) is 5.71 Å². The van der Waals surface area contributed by atoms with Crippen LogP contribution in [0.5, 0.6) is 0 Å². The normalized spacial score (nSPS) is 10.2. The van der Waals surface area contributed by atoms with E-state index in [0.29, 0.717) is 22.5 Å². The van der Waals surface area contributed by atoms with E-state index < -0.39 is 5.97 Å². The van der Waals surface area contributed by atoms with Gasteiger partial charge in [0.25, 0.3) is 0 Å². The van der Waals surface area contributed by atoms with Gasteiger partial charge in [-0.25, -0.2) is 4.79 Å². The second kappa shape index (κ2) is 7.44. The van der Waals surface area contributed by atoms with Crippen LogP contribution in [0.2, 0.25) is 0 Å². The predicted octanol–water partition coefficient (Wildman–Crippen LogP) is 4.38. The number of anilines is 2. The van der Waals surface area contributed by atoms with Gasteiger partial charge in [0.2, 0.25) is 5.78 Å². The Morgan fingerprint density at radius 3 is 2.04 bits per heavy atom. The van der Waals surface area contributed by atoms with Crippen molar-refractivity contribution in [2.24, 2.45) is 0 Å². The standard InChI is InChI=1S/C21H16N2O3/c22-19(20(24)14-6-2-1-3-7-14)17-8-4-5-9-18(17)23-16-12-10-15(11-13-16)21(25)26/h1-13,22-23H,(H,25,26). The number of carboxylic acid groups (broad SMARTS) is 1. The lowest BCUT2D eigenvalue weighted by Gasteiger charge is -2.13. The average Bonchev–Trinajstić information content (AvgIpc) is 2.68. The van der Waals surface area contributed by atoms with Gasteiger partial charge in [-0.15, -0.1) is 0 Å². The van der Waals surface area contributed by atoms with E-state index in [1.807, 2.05) is 6.07 Å². The maximum absolute atomic E-state index is 12.6. The van der Waals surface area contributed by atoms with Crippen LogP contribution in [0.3, 0.4) is 0 Å². The molecule has 0 fully saturated rings. The molecule has 0 heterocycles. The number of nitrogens with one attached hydrogen (secondary N) is 2. The number of carboxylic acids is 1. The quantitative estimate of drug-likeness (QED) is 0.457. The van der Waals surface area contributed by atoms with Crippen LogP contribution in [0, 0.1) is 5.41 Å². The van der Waals surface area contributed by atoms with E-state index in [-0.39, 0.29) is 17.1 Å². The molecular weight excluding hydrogens is 328 g/mol. The molecule has 0 aliphatic rings. The number of benzene rings is 3. The first-order valence-corrected chi connectivity index (χ1v) is 7.94. The molecular formula is C21H16N2O3. The number of para-hydroxylation sites is 1. The number of rotatable bonds is 6. The Hall–Kier alpha value is -3.73. The van der Waals surface area contributed by atoms with Crippen molar-refractivity contribution in [3.63, 3.8) is 0 Å². The Kier molecular flexibility index (Phi) is 4.90. The molecule has 0 unspecified atom stereocenters. The minimum absolute atomic E-state index is 0.110. The molecule has 26 heavy (non-hydrogen) atoms. The fourth-order valence-electron chi connectivity index (χ4n) is 2.52. The van der Waals surface area contributed by atoms with E-state index >= 15 is 0 Å². The summed E-state index contributed by atoms with van der Waals surface area (Å²) in [7, 11) is 0. The fraction of sp³-hybridized carbons (Fsp3) is 0. The van der Waals surface area contributed by atoms with Gasteiger partial charge >= 0.3 is 5.97 Å². The Morgan fingerprint density at radius 2 is 1.38 bits per heavy atom. The van der Waals surface area contributed by atoms with Gasteiger partial charge in [0.05, 0.1) is 5.56 Å².